The Bertz CT molecular complexity index is 1080. The second-order valence-corrected chi connectivity index (χ2v) is 11.3. The van der Waals surface area contributed by atoms with E-state index in [1.807, 2.05) is 24.3 Å². The van der Waals surface area contributed by atoms with E-state index in [9.17, 15) is 8.42 Å². The van der Waals surface area contributed by atoms with Gasteiger partial charge in [-0.15, -0.1) is 0 Å². The Balaban J connectivity index is 1.80. The molecular weight excluding hydrogens is 452 g/mol. The van der Waals surface area contributed by atoms with E-state index in [2.05, 4.69) is 67.6 Å². The molecule has 0 radical (unpaired) electrons. The lowest BCUT2D eigenvalue weighted by atomic mass is 9.98. The van der Waals surface area contributed by atoms with Crippen LogP contribution in [0, 0.1) is 17.3 Å². The molecule has 2 rings (SSSR count). The molecule has 1 aromatic carbocycles. The first-order valence-electron chi connectivity index (χ1n) is 11.1. The highest BCUT2D eigenvalue weighted by Gasteiger charge is 2.05. The lowest BCUT2D eigenvalue weighted by Gasteiger charge is -2.08. The molecule has 0 atom stereocenters. The van der Waals surface area contributed by atoms with Crippen molar-refractivity contribution < 1.29 is 17.3 Å². The number of unbranched alkanes of at least 4 members (excludes halogenated alkanes) is 2. The van der Waals surface area contributed by atoms with Crippen LogP contribution < -0.4 is 4.74 Å². The Morgan fingerprint density at radius 3 is 2.67 bits per heavy atom. The van der Waals surface area contributed by atoms with Gasteiger partial charge in [-0.3, -0.25) is 4.18 Å². The van der Waals surface area contributed by atoms with Gasteiger partial charge in [-0.1, -0.05) is 36.1 Å². The van der Waals surface area contributed by atoms with Crippen LogP contribution in [0.5, 0.6) is 5.75 Å². The lowest BCUT2D eigenvalue weighted by Crippen LogP contribution is -2.06. The van der Waals surface area contributed by atoms with Crippen LogP contribution in [-0.4, -0.2) is 27.9 Å². The molecule has 2 aromatic rings. The molecule has 0 amide bonds. The molecule has 0 saturated carbocycles. The topological polar surface area (TPSA) is 52.6 Å². The molecule has 0 saturated heterocycles. The Labute approximate surface area is 203 Å². The molecular formula is C27H34O4S2. The minimum Gasteiger partial charge on any atom is -0.494 e. The quantitative estimate of drug-likeness (QED) is 0.142. The predicted octanol–water partition coefficient (Wildman–Crippen LogP) is 6.86. The number of hydrogen-bond donors (Lipinski definition) is 0. The van der Waals surface area contributed by atoms with E-state index in [4.69, 9.17) is 8.92 Å². The van der Waals surface area contributed by atoms with Crippen LogP contribution in [0.25, 0.3) is 11.1 Å². The first kappa shape index (κ1) is 26.9. The van der Waals surface area contributed by atoms with E-state index in [0.717, 1.165) is 42.4 Å². The zero-order chi connectivity index (χ0) is 24.2. The molecule has 0 fully saturated rings. The van der Waals surface area contributed by atoms with Crippen molar-refractivity contribution in [3.8, 4) is 28.7 Å². The fraction of sp³-hybridized carbons (Fsp3) is 0.407. The molecule has 0 N–H and O–H groups in total. The summed E-state index contributed by atoms with van der Waals surface area (Å²) in [5.41, 5.74) is 3.25. The van der Waals surface area contributed by atoms with Crippen LogP contribution in [0.1, 0.15) is 46.5 Å². The van der Waals surface area contributed by atoms with Gasteiger partial charge in [0, 0.05) is 5.41 Å². The third-order valence-corrected chi connectivity index (χ3v) is 5.70. The molecule has 0 unspecified atom stereocenters. The summed E-state index contributed by atoms with van der Waals surface area (Å²) in [6.07, 6.45) is 10.2. The minimum absolute atomic E-state index is 0.0459. The second kappa shape index (κ2) is 13.4. The molecule has 0 bridgehead atoms. The third-order valence-electron chi connectivity index (χ3n) is 4.48. The smallest absolute Gasteiger partial charge is 0.264 e. The molecule has 1 heterocycles. The van der Waals surface area contributed by atoms with E-state index in [-0.39, 0.29) is 12.0 Å². The van der Waals surface area contributed by atoms with Gasteiger partial charge in [-0.25, -0.2) is 0 Å². The summed E-state index contributed by atoms with van der Waals surface area (Å²) in [6.45, 7) is 6.88. The number of rotatable bonds is 12. The molecule has 0 aliphatic heterocycles. The van der Waals surface area contributed by atoms with Crippen molar-refractivity contribution in [2.45, 2.75) is 46.5 Å². The van der Waals surface area contributed by atoms with Crippen molar-refractivity contribution >= 4 is 21.5 Å². The lowest BCUT2D eigenvalue weighted by molar-refractivity contribution is 0.307. The largest absolute Gasteiger partial charge is 0.494 e. The summed E-state index contributed by atoms with van der Waals surface area (Å²) >= 11 is 1.68. The predicted molar refractivity (Wildman–Crippen MR) is 139 cm³/mol. The first-order valence-corrected chi connectivity index (χ1v) is 13.8. The van der Waals surface area contributed by atoms with Crippen molar-refractivity contribution in [1.82, 2.24) is 0 Å². The van der Waals surface area contributed by atoms with Gasteiger partial charge in [0.15, 0.2) is 0 Å². The number of allylic oxidation sites excluding steroid dienone is 3. The highest BCUT2D eigenvalue weighted by atomic mass is 32.2. The highest BCUT2D eigenvalue weighted by molar-refractivity contribution is 7.86. The Kier molecular flexibility index (Phi) is 10.9. The summed E-state index contributed by atoms with van der Waals surface area (Å²) in [6, 6.07) is 10.2. The van der Waals surface area contributed by atoms with Crippen LogP contribution in [0.2, 0.25) is 0 Å². The zero-order valence-electron chi connectivity index (χ0n) is 20.0. The second-order valence-electron chi connectivity index (χ2n) is 8.84. The van der Waals surface area contributed by atoms with Crippen molar-refractivity contribution in [3.05, 3.63) is 64.9 Å². The molecule has 1 aromatic heterocycles. The maximum atomic E-state index is 11.4. The summed E-state index contributed by atoms with van der Waals surface area (Å²) < 4.78 is 33.6. The molecule has 0 aliphatic carbocycles. The number of thiophene rings is 1. The maximum absolute atomic E-state index is 11.4. The average molecular weight is 487 g/mol. The molecule has 0 spiro atoms. The molecule has 0 aliphatic rings. The number of hydrogen-bond acceptors (Lipinski definition) is 5. The van der Waals surface area contributed by atoms with Gasteiger partial charge in [0.25, 0.3) is 10.1 Å². The fourth-order valence-corrected chi connectivity index (χ4v) is 3.88. The summed E-state index contributed by atoms with van der Waals surface area (Å²) in [7, 11) is -3.48. The van der Waals surface area contributed by atoms with Gasteiger partial charge >= 0.3 is 0 Å². The highest BCUT2D eigenvalue weighted by Crippen LogP contribution is 2.25. The fourth-order valence-electron chi connectivity index (χ4n) is 2.85. The Hall–Kier alpha value is -2.33. The zero-order valence-corrected chi connectivity index (χ0v) is 21.6. The van der Waals surface area contributed by atoms with Crippen molar-refractivity contribution in [2.75, 3.05) is 19.5 Å². The van der Waals surface area contributed by atoms with E-state index >= 15 is 0 Å². The van der Waals surface area contributed by atoms with Gasteiger partial charge < -0.3 is 4.74 Å². The van der Waals surface area contributed by atoms with E-state index in [1.54, 1.807) is 11.3 Å². The normalized spacial score (nSPS) is 12.5. The van der Waals surface area contributed by atoms with E-state index in [0.29, 0.717) is 13.0 Å². The van der Waals surface area contributed by atoms with Crippen LogP contribution in [0.4, 0.5) is 0 Å². The monoisotopic (exact) mass is 486 g/mol. The van der Waals surface area contributed by atoms with Crippen LogP contribution in [0.3, 0.4) is 0 Å². The van der Waals surface area contributed by atoms with E-state index < -0.39 is 10.1 Å². The average Bonchev–Trinajstić information content (AvgIpc) is 3.27. The third kappa shape index (κ3) is 12.5. The number of benzene rings is 1. The van der Waals surface area contributed by atoms with Crippen LogP contribution in [0.15, 0.2) is 64.9 Å². The minimum atomic E-state index is -3.48. The van der Waals surface area contributed by atoms with E-state index in [1.165, 1.54) is 5.56 Å². The summed E-state index contributed by atoms with van der Waals surface area (Å²) in [4.78, 5) is 0. The summed E-state index contributed by atoms with van der Waals surface area (Å²) in [5.74, 6) is 7.05. The van der Waals surface area contributed by atoms with Crippen LogP contribution >= 0.6 is 11.3 Å². The van der Waals surface area contributed by atoms with Crippen molar-refractivity contribution in [3.63, 3.8) is 0 Å². The van der Waals surface area contributed by atoms with Gasteiger partial charge in [0.2, 0.25) is 0 Å². The maximum Gasteiger partial charge on any atom is 0.264 e. The van der Waals surface area contributed by atoms with Crippen molar-refractivity contribution in [2.24, 2.45) is 5.41 Å². The molecule has 33 heavy (non-hydrogen) atoms. The number of ether oxygens (including phenoxy) is 1. The Morgan fingerprint density at radius 1 is 1.15 bits per heavy atom. The van der Waals surface area contributed by atoms with Gasteiger partial charge in [0.1, 0.15) is 5.75 Å². The van der Waals surface area contributed by atoms with Gasteiger partial charge in [0.05, 0.1) is 19.5 Å². The first-order chi connectivity index (χ1) is 15.6. The molecule has 6 heteroatoms. The SMILES string of the molecule is CC(C)(C)C#C/C=C/C/C(=C\CCCCOc1cccc(-c2ccsc2)c1)COS(C)(=O)=O. The molecule has 178 valence electrons. The van der Waals surface area contributed by atoms with Crippen molar-refractivity contribution in [1.29, 1.82) is 0 Å². The van der Waals surface area contributed by atoms with Gasteiger partial charge in [-0.05, 0) is 98.2 Å². The summed E-state index contributed by atoms with van der Waals surface area (Å²) in [5, 5.41) is 4.20. The Morgan fingerprint density at radius 2 is 1.97 bits per heavy atom. The van der Waals surface area contributed by atoms with Crippen LogP contribution in [-0.2, 0) is 14.3 Å². The standard InChI is InChI=1S/C27H34O4S2/c1-27(2,3)17-9-5-7-12-23(21-31-33(4,28)29)13-8-6-10-18-30-26-15-11-14-24(20-26)25-16-19-32-22-25/h5,7,11,13-16,19-20,22H,6,8,10,12,18,21H2,1-4H3/b7-5+,23-13+. The molecule has 4 nitrogen and oxygen atoms in total. The van der Waals surface area contributed by atoms with Gasteiger partial charge in [-0.2, -0.15) is 19.8 Å².